The van der Waals surface area contributed by atoms with Crippen LogP contribution in [0.2, 0.25) is 0 Å². The van der Waals surface area contributed by atoms with E-state index in [2.05, 4.69) is 21.3 Å². The minimum absolute atomic E-state index is 0.303. The average molecular weight is 305 g/mol. The van der Waals surface area contributed by atoms with E-state index in [0.29, 0.717) is 23.7 Å². The molecule has 3 N–H and O–H groups in total. The van der Waals surface area contributed by atoms with Crippen molar-refractivity contribution in [1.82, 2.24) is 20.6 Å². The quantitative estimate of drug-likeness (QED) is 0.690. The molecule has 0 saturated carbocycles. The van der Waals surface area contributed by atoms with Crippen LogP contribution < -0.4 is 16.2 Å². The van der Waals surface area contributed by atoms with Crippen molar-refractivity contribution in [3.63, 3.8) is 0 Å². The molecule has 8 heteroatoms. The Morgan fingerprint density at radius 2 is 2.23 bits per heavy atom. The number of hydrogen-bond donors (Lipinski definition) is 3. The van der Waals surface area contributed by atoms with Crippen molar-refractivity contribution in [2.45, 2.75) is 26.3 Å². The first kappa shape index (κ1) is 15.8. The maximum atomic E-state index is 12.1. The third kappa shape index (κ3) is 3.73. The fourth-order valence-electron chi connectivity index (χ4n) is 1.91. The highest BCUT2D eigenvalue weighted by molar-refractivity contribution is 5.95. The first-order chi connectivity index (χ1) is 10.5. The molecule has 8 nitrogen and oxygen atoms in total. The minimum Gasteiger partial charge on any atom is -0.360 e. The van der Waals surface area contributed by atoms with Crippen LogP contribution in [0.1, 0.15) is 29.6 Å². The van der Waals surface area contributed by atoms with Crippen molar-refractivity contribution in [1.29, 1.82) is 0 Å². The van der Waals surface area contributed by atoms with Crippen LogP contribution in [0, 0.1) is 6.92 Å². The Morgan fingerprint density at radius 1 is 1.45 bits per heavy atom. The highest BCUT2D eigenvalue weighted by atomic mass is 16.5. The number of hydrogen-bond acceptors (Lipinski definition) is 5. The second kappa shape index (κ2) is 6.90. The third-order valence-corrected chi connectivity index (χ3v) is 3.14. The van der Waals surface area contributed by atoms with E-state index in [1.165, 1.54) is 0 Å². The maximum absolute atomic E-state index is 12.1. The fraction of sp³-hybridized carbons (Fsp3) is 0.357. The molecule has 0 unspecified atom stereocenters. The summed E-state index contributed by atoms with van der Waals surface area (Å²) in [5.74, 6) is 0.337. The summed E-state index contributed by atoms with van der Waals surface area (Å²) in [6.45, 7) is 3.57. The van der Waals surface area contributed by atoms with Gasteiger partial charge in [-0.05, 0) is 25.5 Å². The van der Waals surface area contributed by atoms with E-state index in [0.717, 1.165) is 0 Å². The predicted molar refractivity (Wildman–Crippen MR) is 80.0 cm³/mol. The Balaban J connectivity index is 1.90. The molecule has 0 radical (unpaired) electrons. The monoisotopic (exact) mass is 305 g/mol. The predicted octanol–water partition coefficient (Wildman–Crippen LogP) is 0.973. The summed E-state index contributed by atoms with van der Waals surface area (Å²) in [5, 5.41) is 6.32. The summed E-state index contributed by atoms with van der Waals surface area (Å²) in [6.07, 6.45) is 2.27. The van der Waals surface area contributed by atoms with Crippen molar-refractivity contribution in [2.24, 2.45) is 7.05 Å². The Labute approximate surface area is 127 Å². The summed E-state index contributed by atoms with van der Waals surface area (Å²) in [4.78, 5) is 24.1. The number of rotatable bonds is 6. The van der Waals surface area contributed by atoms with Gasteiger partial charge in [0.25, 0.3) is 5.91 Å². The number of aryl methyl sites for hydroxylation is 2. The van der Waals surface area contributed by atoms with Crippen LogP contribution in [0.15, 0.2) is 28.9 Å². The molecule has 0 fully saturated rings. The van der Waals surface area contributed by atoms with Gasteiger partial charge in [-0.3, -0.25) is 15.0 Å². The van der Waals surface area contributed by atoms with Crippen molar-refractivity contribution in [3.8, 4) is 0 Å². The highest BCUT2D eigenvalue weighted by Gasteiger charge is 2.19. The molecule has 0 aliphatic carbocycles. The van der Waals surface area contributed by atoms with Crippen LogP contribution in [0.5, 0.6) is 0 Å². The second-order valence-electron chi connectivity index (χ2n) is 4.88. The lowest BCUT2D eigenvalue weighted by atomic mass is 10.2. The van der Waals surface area contributed by atoms with E-state index in [-0.39, 0.29) is 11.8 Å². The number of anilines is 1. The van der Waals surface area contributed by atoms with Gasteiger partial charge in [0.05, 0.1) is 0 Å². The standard InChI is InChI=1S/C14H19N5O3/c1-4-10(13(20)15-12-8-9(2)22-18-12)16-17-14(21)11-6-5-7-19(11)3/h5-8,10,16H,4H2,1-3H3,(H,17,21)(H,15,18,20)/t10-/m1/s1. The van der Waals surface area contributed by atoms with Gasteiger partial charge >= 0.3 is 0 Å². The topological polar surface area (TPSA) is 101 Å². The average Bonchev–Trinajstić information content (AvgIpc) is 3.08. The molecule has 0 saturated heterocycles. The number of hydrazine groups is 1. The van der Waals surface area contributed by atoms with Gasteiger partial charge in [0.1, 0.15) is 17.5 Å². The minimum atomic E-state index is -0.582. The van der Waals surface area contributed by atoms with Crippen molar-refractivity contribution >= 4 is 17.6 Å². The van der Waals surface area contributed by atoms with Crippen LogP contribution in [0.3, 0.4) is 0 Å². The largest absolute Gasteiger partial charge is 0.360 e. The molecule has 2 aromatic heterocycles. The Morgan fingerprint density at radius 3 is 2.77 bits per heavy atom. The van der Waals surface area contributed by atoms with Gasteiger partial charge in [-0.15, -0.1) is 0 Å². The first-order valence-electron chi connectivity index (χ1n) is 6.92. The number of nitrogens with zero attached hydrogens (tertiary/aromatic N) is 2. The number of amides is 2. The van der Waals surface area contributed by atoms with Crippen molar-refractivity contribution in [2.75, 3.05) is 5.32 Å². The molecule has 22 heavy (non-hydrogen) atoms. The summed E-state index contributed by atoms with van der Waals surface area (Å²) in [7, 11) is 1.77. The van der Waals surface area contributed by atoms with E-state index in [1.807, 2.05) is 6.92 Å². The number of aromatic nitrogens is 2. The van der Waals surface area contributed by atoms with Crippen molar-refractivity contribution < 1.29 is 14.1 Å². The number of carbonyl (C=O) groups excluding carboxylic acids is 2. The molecule has 118 valence electrons. The summed E-state index contributed by atoms with van der Waals surface area (Å²) >= 11 is 0. The van der Waals surface area contributed by atoms with Crippen molar-refractivity contribution in [3.05, 3.63) is 35.9 Å². The fourth-order valence-corrected chi connectivity index (χ4v) is 1.91. The summed E-state index contributed by atoms with van der Waals surface area (Å²) < 4.78 is 6.57. The smallest absolute Gasteiger partial charge is 0.281 e. The van der Waals surface area contributed by atoms with Gasteiger partial charge in [0.15, 0.2) is 5.82 Å². The van der Waals surface area contributed by atoms with E-state index in [4.69, 9.17) is 4.52 Å². The Kier molecular flexibility index (Phi) is 4.95. The van der Waals surface area contributed by atoms with Crippen LogP contribution >= 0.6 is 0 Å². The molecule has 2 heterocycles. The van der Waals surface area contributed by atoms with Gasteiger partial charge in [-0.1, -0.05) is 12.1 Å². The maximum Gasteiger partial charge on any atom is 0.281 e. The van der Waals surface area contributed by atoms with Crippen LogP contribution in [-0.2, 0) is 11.8 Å². The van der Waals surface area contributed by atoms with Gasteiger partial charge in [-0.25, -0.2) is 5.43 Å². The SMILES string of the molecule is CC[C@@H](NNC(=O)c1cccn1C)C(=O)Nc1cc(C)on1. The van der Waals surface area contributed by atoms with E-state index in [9.17, 15) is 9.59 Å². The van der Waals surface area contributed by atoms with E-state index < -0.39 is 6.04 Å². The van der Waals surface area contributed by atoms with Crippen LogP contribution in [0.25, 0.3) is 0 Å². The Hall–Kier alpha value is -2.61. The molecule has 2 rings (SSSR count). The van der Waals surface area contributed by atoms with E-state index in [1.54, 1.807) is 42.9 Å². The van der Waals surface area contributed by atoms with E-state index >= 15 is 0 Å². The van der Waals surface area contributed by atoms with Crippen LogP contribution in [-0.4, -0.2) is 27.6 Å². The molecule has 0 aliphatic heterocycles. The van der Waals surface area contributed by atoms with Crippen LogP contribution in [0.4, 0.5) is 5.82 Å². The Bertz CT molecular complexity index is 661. The number of nitrogens with one attached hydrogen (secondary N) is 3. The molecular formula is C14H19N5O3. The van der Waals surface area contributed by atoms with Gasteiger partial charge in [0.2, 0.25) is 5.91 Å². The molecule has 1 atom stereocenters. The lowest BCUT2D eigenvalue weighted by Crippen LogP contribution is -2.50. The molecule has 2 amide bonds. The normalized spacial score (nSPS) is 12.0. The second-order valence-corrected chi connectivity index (χ2v) is 4.88. The molecule has 0 spiro atoms. The lowest BCUT2D eigenvalue weighted by molar-refractivity contribution is -0.118. The molecular weight excluding hydrogens is 286 g/mol. The van der Waals surface area contributed by atoms with Gasteiger partial charge < -0.3 is 14.4 Å². The van der Waals surface area contributed by atoms with Gasteiger partial charge in [0, 0.05) is 19.3 Å². The molecule has 0 aliphatic rings. The molecule has 0 bridgehead atoms. The lowest BCUT2D eigenvalue weighted by Gasteiger charge is -2.16. The molecule has 2 aromatic rings. The first-order valence-corrected chi connectivity index (χ1v) is 6.92. The zero-order chi connectivity index (χ0) is 16.1. The zero-order valence-corrected chi connectivity index (χ0v) is 12.7. The third-order valence-electron chi connectivity index (χ3n) is 3.14. The number of carbonyl (C=O) groups is 2. The zero-order valence-electron chi connectivity index (χ0n) is 12.7. The van der Waals surface area contributed by atoms with Gasteiger partial charge in [-0.2, -0.15) is 0 Å². The molecule has 0 aromatic carbocycles. The highest BCUT2D eigenvalue weighted by Crippen LogP contribution is 2.08. The summed E-state index contributed by atoms with van der Waals surface area (Å²) in [5.41, 5.74) is 5.76. The summed E-state index contributed by atoms with van der Waals surface area (Å²) in [6, 6.07) is 4.50.